The number of fused-ring (bicyclic) bond motifs is 1. The van der Waals surface area contributed by atoms with Crippen molar-refractivity contribution in [3.05, 3.63) is 65.2 Å². The summed E-state index contributed by atoms with van der Waals surface area (Å²) in [7, 11) is 0. The SMILES string of the molecule is CC(=O)N1CCN(Cc2cc(-c3ccc(NC(=O)Nc4cccc(Br)n4)cc3)c3c(N)ncnn23)CC1. The van der Waals surface area contributed by atoms with Crippen LogP contribution in [-0.2, 0) is 11.3 Å². The van der Waals surface area contributed by atoms with Crippen LogP contribution in [0.2, 0.25) is 0 Å². The highest BCUT2D eigenvalue weighted by molar-refractivity contribution is 9.10. The van der Waals surface area contributed by atoms with Gasteiger partial charge in [0.25, 0.3) is 0 Å². The fourth-order valence-corrected chi connectivity index (χ4v) is 4.75. The highest BCUT2D eigenvalue weighted by atomic mass is 79.9. The van der Waals surface area contributed by atoms with Crippen LogP contribution in [0.3, 0.4) is 0 Å². The predicted molar refractivity (Wildman–Crippen MR) is 145 cm³/mol. The van der Waals surface area contributed by atoms with E-state index in [9.17, 15) is 9.59 Å². The van der Waals surface area contributed by atoms with Gasteiger partial charge in [0.05, 0.1) is 5.69 Å². The molecule has 0 atom stereocenters. The van der Waals surface area contributed by atoms with Gasteiger partial charge in [0, 0.05) is 50.9 Å². The van der Waals surface area contributed by atoms with Crippen LogP contribution < -0.4 is 16.4 Å². The maximum Gasteiger partial charge on any atom is 0.324 e. The Morgan fingerprint density at radius 2 is 1.81 bits per heavy atom. The van der Waals surface area contributed by atoms with E-state index in [0.29, 0.717) is 41.6 Å². The van der Waals surface area contributed by atoms with Gasteiger partial charge in [-0.2, -0.15) is 5.10 Å². The molecule has 4 heterocycles. The number of nitrogen functional groups attached to an aromatic ring is 1. The van der Waals surface area contributed by atoms with E-state index in [4.69, 9.17) is 5.73 Å². The number of nitrogens with zero attached hydrogens (tertiary/aromatic N) is 6. The van der Waals surface area contributed by atoms with Crippen molar-refractivity contribution in [3.8, 4) is 11.1 Å². The maximum atomic E-state index is 12.4. The minimum absolute atomic E-state index is 0.107. The third-order valence-corrected chi connectivity index (χ3v) is 6.71. The van der Waals surface area contributed by atoms with Crippen LogP contribution >= 0.6 is 15.9 Å². The first kappa shape index (κ1) is 24.7. The number of rotatable bonds is 5. The number of nitrogens with one attached hydrogen (secondary N) is 2. The van der Waals surface area contributed by atoms with E-state index >= 15 is 0 Å². The molecule has 12 heteroatoms. The molecule has 1 saturated heterocycles. The molecule has 0 unspecified atom stereocenters. The Labute approximate surface area is 221 Å². The van der Waals surface area contributed by atoms with Crippen LogP contribution in [0.25, 0.3) is 16.6 Å². The summed E-state index contributed by atoms with van der Waals surface area (Å²) >= 11 is 3.29. The quantitative estimate of drug-likeness (QED) is 0.316. The smallest absolute Gasteiger partial charge is 0.324 e. The highest BCUT2D eigenvalue weighted by Gasteiger charge is 2.22. The molecule has 0 saturated carbocycles. The topological polar surface area (TPSA) is 134 Å². The van der Waals surface area contributed by atoms with Crippen LogP contribution in [0, 0.1) is 0 Å². The summed E-state index contributed by atoms with van der Waals surface area (Å²) in [5.41, 5.74) is 10.4. The van der Waals surface area contributed by atoms with Gasteiger partial charge in [0.1, 0.15) is 22.3 Å². The first-order valence-corrected chi connectivity index (χ1v) is 12.6. The van der Waals surface area contributed by atoms with Crippen LogP contribution in [0.4, 0.5) is 22.1 Å². The van der Waals surface area contributed by atoms with Gasteiger partial charge in [-0.05, 0) is 51.8 Å². The van der Waals surface area contributed by atoms with Gasteiger partial charge in [0.15, 0.2) is 5.82 Å². The lowest BCUT2D eigenvalue weighted by atomic mass is 10.1. The molecule has 0 bridgehead atoms. The number of piperazine rings is 1. The zero-order valence-corrected chi connectivity index (χ0v) is 21.8. The number of nitrogens with two attached hydrogens (primary N) is 1. The van der Waals surface area contributed by atoms with E-state index in [1.807, 2.05) is 33.7 Å². The van der Waals surface area contributed by atoms with Crippen molar-refractivity contribution in [1.29, 1.82) is 0 Å². The Morgan fingerprint density at radius 3 is 2.51 bits per heavy atom. The lowest BCUT2D eigenvalue weighted by Crippen LogP contribution is -2.47. The minimum Gasteiger partial charge on any atom is -0.382 e. The van der Waals surface area contributed by atoms with Gasteiger partial charge in [-0.3, -0.25) is 15.0 Å². The van der Waals surface area contributed by atoms with Crippen LogP contribution in [0.15, 0.2) is 59.5 Å². The molecule has 4 aromatic rings. The first-order valence-electron chi connectivity index (χ1n) is 11.8. The van der Waals surface area contributed by atoms with E-state index in [-0.39, 0.29) is 5.91 Å². The third kappa shape index (κ3) is 5.54. The molecular weight excluding hydrogens is 538 g/mol. The first-order chi connectivity index (χ1) is 17.9. The van der Waals surface area contributed by atoms with Crippen molar-refractivity contribution in [2.24, 2.45) is 0 Å². The summed E-state index contributed by atoms with van der Waals surface area (Å²) in [6, 6.07) is 14.5. The highest BCUT2D eigenvalue weighted by Crippen LogP contribution is 2.31. The Morgan fingerprint density at radius 1 is 1.05 bits per heavy atom. The normalized spacial score (nSPS) is 14.1. The number of hydrogen-bond acceptors (Lipinski definition) is 7. The average Bonchev–Trinajstić information content (AvgIpc) is 3.24. The summed E-state index contributed by atoms with van der Waals surface area (Å²) in [5, 5.41) is 9.98. The molecule has 5 rings (SSSR count). The number of carbonyl (C=O) groups is 2. The number of hydrogen-bond donors (Lipinski definition) is 3. The Balaban J connectivity index is 1.33. The van der Waals surface area contributed by atoms with Crippen LogP contribution in [0.5, 0.6) is 0 Å². The standard InChI is InChI=1S/C25H26BrN9O2/c1-16(36)34-11-9-33(10-12-34)14-19-13-20(23-24(27)28-15-29-35(19)23)17-5-7-18(8-6-17)30-25(37)32-22-4-2-3-21(26)31-22/h2-8,13,15H,9-12,14H2,1H3,(H2,27,28,29)(H2,30,31,32,37). The zero-order valence-electron chi connectivity index (χ0n) is 20.2. The largest absolute Gasteiger partial charge is 0.382 e. The number of anilines is 3. The number of urea groups is 1. The third-order valence-electron chi connectivity index (χ3n) is 6.27. The van der Waals surface area contributed by atoms with Gasteiger partial charge in [-0.25, -0.2) is 19.3 Å². The lowest BCUT2D eigenvalue weighted by molar-refractivity contribution is -0.130. The van der Waals surface area contributed by atoms with Crippen molar-refractivity contribution in [2.75, 3.05) is 42.5 Å². The number of carbonyl (C=O) groups excluding carboxylic acids is 2. The molecule has 1 aromatic carbocycles. The maximum absolute atomic E-state index is 12.4. The van der Waals surface area contributed by atoms with Gasteiger partial charge in [0.2, 0.25) is 5.91 Å². The Hall–Kier alpha value is -4.03. The summed E-state index contributed by atoms with van der Waals surface area (Å²) in [4.78, 5) is 36.6. The van der Waals surface area contributed by atoms with Crippen molar-refractivity contribution < 1.29 is 9.59 Å². The summed E-state index contributed by atoms with van der Waals surface area (Å²) in [6.45, 7) is 5.29. The van der Waals surface area contributed by atoms with Gasteiger partial charge >= 0.3 is 6.03 Å². The number of aromatic nitrogens is 4. The van der Waals surface area contributed by atoms with E-state index in [0.717, 1.165) is 35.4 Å². The number of pyridine rings is 1. The molecule has 37 heavy (non-hydrogen) atoms. The van der Waals surface area contributed by atoms with E-state index in [1.54, 1.807) is 25.1 Å². The summed E-state index contributed by atoms with van der Waals surface area (Å²) in [5.74, 6) is 0.936. The van der Waals surface area contributed by atoms with E-state index < -0.39 is 6.03 Å². The van der Waals surface area contributed by atoms with Crippen LogP contribution in [0.1, 0.15) is 12.6 Å². The molecule has 0 spiro atoms. The number of benzene rings is 1. The molecule has 0 aliphatic carbocycles. The predicted octanol–water partition coefficient (Wildman–Crippen LogP) is 3.44. The Bertz CT molecular complexity index is 1450. The molecule has 3 aromatic heterocycles. The molecule has 4 N–H and O–H groups in total. The molecule has 190 valence electrons. The molecule has 1 aliphatic rings. The summed E-state index contributed by atoms with van der Waals surface area (Å²) < 4.78 is 2.47. The monoisotopic (exact) mass is 563 g/mol. The van der Waals surface area contributed by atoms with Gasteiger partial charge in [-0.1, -0.05) is 18.2 Å². The van der Waals surface area contributed by atoms with Crippen molar-refractivity contribution in [3.63, 3.8) is 0 Å². The van der Waals surface area contributed by atoms with Crippen LogP contribution in [-0.4, -0.2) is 67.5 Å². The minimum atomic E-state index is -0.391. The van der Waals surface area contributed by atoms with Crippen molar-refractivity contribution in [2.45, 2.75) is 13.5 Å². The van der Waals surface area contributed by atoms with Crippen molar-refractivity contribution >= 4 is 50.7 Å². The molecular formula is C25H26BrN9O2. The second kappa shape index (κ2) is 10.5. The molecule has 0 radical (unpaired) electrons. The zero-order chi connectivity index (χ0) is 25.9. The fourth-order valence-electron chi connectivity index (χ4n) is 4.41. The summed E-state index contributed by atoms with van der Waals surface area (Å²) in [6.07, 6.45) is 1.45. The van der Waals surface area contributed by atoms with Gasteiger partial charge < -0.3 is 16.0 Å². The fraction of sp³-hybridized carbons (Fsp3) is 0.240. The van der Waals surface area contributed by atoms with Gasteiger partial charge in [-0.15, -0.1) is 0 Å². The van der Waals surface area contributed by atoms with E-state index in [2.05, 4.69) is 52.6 Å². The number of halogens is 1. The van der Waals surface area contributed by atoms with Crippen molar-refractivity contribution in [1.82, 2.24) is 29.4 Å². The average molecular weight is 564 g/mol. The lowest BCUT2D eigenvalue weighted by Gasteiger charge is -2.33. The molecule has 1 fully saturated rings. The second-order valence-corrected chi connectivity index (χ2v) is 9.55. The number of amides is 3. The molecule has 11 nitrogen and oxygen atoms in total. The second-order valence-electron chi connectivity index (χ2n) is 8.74. The van der Waals surface area contributed by atoms with E-state index in [1.165, 1.54) is 6.33 Å². The molecule has 3 amide bonds. The molecule has 1 aliphatic heterocycles. The Kier molecular flexibility index (Phi) is 7.01.